The third-order valence-corrected chi connectivity index (χ3v) is 8.31. The van der Waals surface area contributed by atoms with Crippen LogP contribution in [-0.4, -0.2) is 13.4 Å². The number of hydrogen-bond donors (Lipinski definition) is 1. The minimum atomic E-state index is -1.83. The van der Waals surface area contributed by atoms with Gasteiger partial charge >= 0.3 is 0 Å². The summed E-state index contributed by atoms with van der Waals surface area (Å²) in [4.78, 5) is 0. The van der Waals surface area contributed by atoms with Gasteiger partial charge in [0.2, 0.25) is 8.32 Å². The van der Waals surface area contributed by atoms with Gasteiger partial charge in [0.05, 0.1) is 0 Å². The summed E-state index contributed by atoms with van der Waals surface area (Å²) in [5.74, 6) is 1.21. The van der Waals surface area contributed by atoms with E-state index in [2.05, 4.69) is 54.6 Å². The summed E-state index contributed by atoms with van der Waals surface area (Å²) in [6, 6.07) is 5.59. The summed E-state index contributed by atoms with van der Waals surface area (Å²) in [5.41, 5.74) is 0.848. The van der Waals surface area contributed by atoms with Gasteiger partial charge in [-0.3, -0.25) is 0 Å². The maximum atomic E-state index is 9.98. The molecule has 1 aromatic rings. The van der Waals surface area contributed by atoms with Crippen LogP contribution in [0.2, 0.25) is 18.1 Å². The quantitative estimate of drug-likeness (QED) is 0.766. The maximum Gasteiger partial charge on any atom is 0.250 e. The van der Waals surface area contributed by atoms with Crippen molar-refractivity contribution in [1.29, 1.82) is 0 Å². The normalized spacial score (nSPS) is 13.5. The number of rotatable bonds is 2. The summed E-state index contributed by atoms with van der Waals surface area (Å²) in [6.45, 7) is 17.4. The van der Waals surface area contributed by atoms with Crippen molar-refractivity contribution >= 4 is 8.32 Å². The zero-order chi connectivity index (χ0) is 15.1. The highest BCUT2D eigenvalue weighted by atomic mass is 28.4. The molecule has 0 aliphatic heterocycles. The standard InChI is InChI=1S/C16H28O2Si/c1-15(2,3)13-11-12(9-10-14(13)17)18-19(7,8)16(4,5)6/h9-11,17H,1-8H3. The van der Waals surface area contributed by atoms with Crippen LogP contribution in [0.5, 0.6) is 11.5 Å². The third-order valence-electron chi connectivity index (χ3n) is 3.96. The van der Waals surface area contributed by atoms with Crippen LogP contribution in [0.25, 0.3) is 0 Å². The predicted molar refractivity (Wildman–Crippen MR) is 84.6 cm³/mol. The molecule has 0 atom stereocenters. The molecule has 0 heterocycles. The average molecular weight is 280 g/mol. The number of hydrogen-bond acceptors (Lipinski definition) is 2. The van der Waals surface area contributed by atoms with Crippen LogP contribution in [-0.2, 0) is 5.41 Å². The number of phenolic OH excluding ortho intramolecular Hbond substituents is 1. The van der Waals surface area contributed by atoms with E-state index in [9.17, 15) is 5.11 Å². The van der Waals surface area contributed by atoms with Gasteiger partial charge in [0.1, 0.15) is 11.5 Å². The molecule has 0 saturated carbocycles. The van der Waals surface area contributed by atoms with Gasteiger partial charge in [0.25, 0.3) is 0 Å². The number of phenols is 1. The molecule has 0 amide bonds. The SMILES string of the molecule is CC(C)(C)c1cc(O[Si](C)(C)C(C)(C)C)ccc1O. The highest BCUT2D eigenvalue weighted by molar-refractivity contribution is 6.74. The molecule has 0 saturated heterocycles. The second-order valence-electron chi connectivity index (χ2n) is 7.79. The first-order valence-corrected chi connectivity index (χ1v) is 9.78. The zero-order valence-electron chi connectivity index (χ0n) is 13.6. The van der Waals surface area contributed by atoms with E-state index in [-0.39, 0.29) is 10.5 Å². The van der Waals surface area contributed by atoms with Crippen molar-refractivity contribution in [2.45, 2.75) is 65.1 Å². The fraction of sp³-hybridized carbons (Fsp3) is 0.625. The lowest BCUT2D eigenvalue weighted by Gasteiger charge is -2.36. The van der Waals surface area contributed by atoms with E-state index in [4.69, 9.17) is 4.43 Å². The van der Waals surface area contributed by atoms with E-state index < -0.39 is 8.32 Å². The fourth-order valence-corrected chi connectivity index (χ4v) is 2.65. The summed E-state index contributed by atoms with van der Waals surface area (Å²) in [7, 11) is -1.83. The Hall–Kier alpha value is -0.963. The highest BCUT2D eigenvalue weighted by Crippen LogP contribution is 2.39. The Kier molecular flexibility index (Phi) is 4.11. The van der Waals surface area contributed by atoms with Crippen LogP contribution >= 0.6 is 0 Å². The Bertz CT molecular complexity index is 451. The van der Waals surface area contributed by atoms with E-state index in [0.717, 1.165) is 11.3 Å². The molecule has 0 fully saturated rings. The second-order valence-corrected chi connectivity index (χ2v) is 12.5. The second kappa shape index (κ2) is 4.86. The first-order chi connectivity index (χ1) is 8.34. The molecule has 3 heteroatoms. The molecular formula is C16H28O2Si. The van der Waals surface area contributed by atoms with Crippen molar-refractivity contribution in [3.05, 3.63) is 23.8 Å². The summed E-state index contributed by atoms with van der Waals surface area (Å²) < 4.78 is 6.28. The van der Waals surface area contributed by atoms with Crippen LogP contribution in [0, 0.1) is 0 Å². The first kappa shape index (κ1) is 16.1. The van der Waals surface area contributed by atoms with E-state index in [1.165, 1.54) is 0 Å². The maximum absolute atomic E-state index is 9.98. The van der Waals surface area contributed by atoms with Crippen molar-refractivity contribution in [2.75, 3.05) is 0 Å². The van der Waals surface area contributed by atoms with E-state index >= 15 is 0 Å². The van der Waals surface area contributed by atoms with Gasteiger partial charge in [0, 0.05) is 5.56 Å². The Labute approximate surface area is 118 Å². The van der Waals surface area contributed by atoms with Gasteiger partial charge < -0.3 is 9.53 Å². The molecule has 1 rings (SSSR count). The van der Waals surface area contributed by atoms with Crippen molar-refractivity contribution < 1.29 is 9.53 Å². The van der Waals surface area contributed by atoms with Crippen molar-refractivity contribution in [1.82, 2.24) is 0 Å². The average Bonchev–Trinajstić information content (AvgIpc) is 2.17. The van der Waals surface area contributed by atoms with Crippen LogP contribution in [0.15, 0.2) is 18.2 Å². The smallest absolute Gasteiger partial charge is 0.250 e. The first-order valence-electron chi connectivity index (χ1n) is 6.87. The molecule has 0 aromatic heterocycles. The van der Waals surface area contributed by atoms with E-state index in [1.54, 1.807) is 6.07 Å². The number of benzene rings is 1. The van der Waals surface area contributed by atoms with Gasteiger partial charge in [0.15, 0.2) is 0 Å². The van der Waals surface area contributed by atoms with Crippen LogP contribution in [0.4, 0.5) is 0 Å². The van der Waals surface area contributed by atoms with Crippen molar-refractivity contribution in [3.8, 4) is 11.5 Å². The molecule has 19 heavy (non-hydrogen) atoms. The van der Waals surface area contributed by atoms with E-state index in [0.29, 0.717) is 5.75 Å². The predicted octanol–water partition coefficient (Wildman–Crippen LogP) is 5.07. The van der Waals surface area contributed by atoms with Gasteiger partial charge in [-0.05, 0) is 41.7 Å². The Morgan fingerprint density at radius 1 is 1.00 bits per heavy atom. The molecule has 0 aliphatic rings. The third kappa shape index (κ3) is 3.75. The molecule has 0 aliphatic carbocycles. The largest absolute Gasteiger partial charge is 0.543 e. The monoisotopic (exact) mass is 280 g/mol. The number of aromatic hydroxyl groups is 1. The Morgan fingerprint density at radius 3 is 1.95 bits per heavy atom. The lowest BCUT2D eigenvalue weighted by molar-refractivity contribution is 0.440. The van der Waals surface area contributed by atoms with Crippen LogP contribution < -0.4 is 4.43 Å². The molecular weight excluding hydrogens is 252 g/mol. The summed E-state index contributed by atoms with van der Waals surface area (Å²) >= 11 is 0. The minimum absolute atomic E-state index is 0.0864. The summed E-state index contributed by atoms with van der Waals surface area (Å²) in [5, 5.41) is 10.2. The van der Waals surface area contributed by atoms with Crippen LogP contribution in [0.3, 0.4) is 0 Å². The lowest BCUT2D eigenvalue weighted by atomic mass is 9.86. The van der Waals surface area contributed by atoms with Gasteiger partial charge in [-0.2, -0.15) is 0 Å². The molecule has 0 unspecified atom stereocenters. The van der Waals surface area contributed by atoms with Gasteiger partial charge in [-0.1, -0.05) is 41.5 Å². The Morgan fingerprint density at radius 2 is 1.53 bits per heavy atom. The van der Waals surface area contributed by atoms with Crippen molar-refractivity contribution in [3.63, 3.8) is 0 Å². The molecule has 108 valence electrons. The molecule has 1 N–H and O–H groups in total. The van der Waals surface area contributed by atoms with E-state index in [1.807, 2.05) is 12.1 Å². The molecule has 1 aromatic carbocycles. The highest BCUT2D eigenvalue weighted by Gasteiger charge is 2.39. The minimum Gasteiger partial charge on any atom is -0.543 e. The summed E-state index contributed by atoms with van der Waals surface area (Å²) in [6.07, 6.45) is 0. The lowest BCUT2D eigenvalue weighted by Crippen LogP contribution is -2.43. The zero-order valence-corrected chi connectivity index (χ0v) is 14.6. The molecule has 0 bridgehead atoms. The Balaban J connectivity index is 3.12. The van der Waals surface area contributed by atoms with Crippen LogP contribution in [0.1, 0.15) is 47.1 Å². The van der Waals surface area contributed by atoms with Gasteiger partial charge in [-0.25, -0.2) is 0 Å². The molecule has 0 spiro atoms. The van der Waals surface area contributed by atoms with Gasteiger partial charge in [-0.15, -0.1) is 0 Å². The topological polar surface area (TPSA) is 29.5 Å². The molecule has 2 nitrogen and oxygen atoms in total. The van der Waals surface area contributed by atoms with Crippen molar-refractivity contribution in [2.24, 2.45) is 0 Å². The molecule has 0 radical (unpaired) electrons. The fourth-order valence-electron chi connectivity index (χ4n) is 1.63.